The van der Waals surface area contributed by atoms with Crippen molar-refractivity contribution in [3.05, 3.63) is 0 Å². The summed E-state index contributed by atoms with van der Waals surface area (Å²) in [7, 11) is 0. The van der Waals surface area contributed by atoms with Crippen LogP contribution in [0.15, 0.2) is 0 Å². The summed E-state index contributed by atoms with van der Waals surface area (Å²) in [4.78, 5) is 12.9. The van der Waals surface area contributed by atoms with Gasteiger partial charge in [-0.25, -0.2) is 9.18 Å². The number of nitrogens with zero attached hydrogens (tertiary/aromatic N) is 1. The summed E-state index contributed by atoms with van der Waals surface area (Å²) in [5, 5.41) is 9.62. The maximum atomic E-state index is 13.5. The molecule has 0 saturated carbocycles. The maximum absolute atomic E-state index is 13.5. The summed E-state index contributed by atoms with van der Waals surface area (Å²) in [5.41, 5.74) is -1.92. The van der Waals surface area contributed by atoms with Gasteiger partial charge in [0.25, 0.3) is 0 Å². The monoisotopic (exact) mass is 233 g/mol. The second-order valence-electron chi connectivity index (χ2n) is 5.50. The van der Waals surface area contributed by atoms with E-state index in [-0.39, 0.29) is 13.0 Å². The van der Waals surface area contributed by atoms with Crippen molar-refractivity contribution < 1.29 is 19.0 Å². The van der Waals surface area contributed by atoms with Crippen molar-refractivity contribution in [3.8, 4) is 0 Å². The lowest BCUT2D eigenvalue weighted by Gasteiger charge is -2.38. The largest absolute Gasteiger partial charge is 0.444 e. The van der Waals surface area contributed by atoms with Crippen molar-refractivity contribution >= 4 is 6.09 Å². The molecule has 1 N–H and O–H groups in total. The van der Waals surface area contributed by atoms with Crippen LogP contribution < -0.4 is 0 Å². The fraction of sp³-hybridized carbons (Fsp3) is 0.909. The van der Waals surface area contributed by atoms with E-state index in [0.29, 0.717) is 6.54 Å². The Labute approximate surface area is 95.4 Å². The molecule has 1 rings (SSSR count). The van der Waals surface area contributed by atoms with E-state index in [1.165, 1.54) is 11.8 Å². The number of halogens is 1. The van der Waals surface area contributed by atoms with E-state index in [9.17, 15) is 14.3 Å². The number of rotatable bonds is 0. The van der Waals surface area contributed by atoms with Gasteiger partial charge in [0.1, 0.15) is 11.8 Å². The number of hydrogen-bond donors (Lipinski definition) is 1. The lowest BCUT2D eigenvalue weighted by molar-refractivity contribution is -0.0734. The zero-order chi connectivity index (χ0) is 12.6. The van der Waals surface area contributed by atoms with Crippen molar-refractivity contribution in [1.29, 1.82) is 0 Å². The molecule has 1 aliphatic rings. The van der Waals surface area contributed by atoms with Gasteiger partial charge in [0.2, 0.25) is 0 Å². The third kappa shape index (κ3) is 3.33. The number of ether oxygens (including phenoxy) is 1. The van der Waals surface area contributed by atoms with E-state index in [0.717, 1.165) is 0 Å². The molecule has 2 atom stereocenters. The maximum Gasteiger partial charge on any atom is 0.410 e. The van der Waals surface area contributed by atoms with E-state index < -0.39 is 23.5 Å². The third-order valence-corrected chi connectivity index (χ3v) is 2.60. The first-order valence-electron chi connectivity index (χ1n) is 5.46. The topological polar surface area (TPSA) is 49.8 Å². The van der Waals surface area contributed by atoms with Crippen molar-refractivity contribution in [2.45, 2.75) is 51.5 Å². The first-order valence-corrected chi connectivity index (χ1v) is 5.46. The summed E-state index contributed by atoms with van der Waals surface area (Å²) in [5.74, 6) is 0. The van der Waals surface area contributed by atoms with Crippen molar-refractivity contribution in [2.24, 2.45) is 0 Å². The van der Waals surface area contributed by atoms with Crippen molar-refractivity contribution in [3.63, 3.8) is 0 Å². The minimum Gasteiger partial charge on any atom is -0.444 e. The van der Waals surface area contributed by atoms with E-state index >= 15 is 0 Å². The lowest BCUT2D eigenvalue weighted by Crippen LogP contribution is -2.54. The standard InChI is InChI=1S/C11H20FNO3/c1-10(2,3)16-9(14)13-6-5-11(4,15)8(12)7-13/h8,15H,5-7H2,1-4H3. The van der Waals surface area contributed by atoms with Gasteiger partial charge >= 0.3 is 6.09 Å². The molecule has 94 valence electrons. The molecule has 0 aromatic heterocycles. The molecule has 4 nitrogen and oxygen atoms in total. The van der Waals surface area contributed by atoms with Gasteiger partial charge in [-0.05, 0) is 34.1 Å². The van der Waals surface area contributed by atoms with Crippen LogP contribution >= 0.6 is 0 Å². The minimum absolute atomic E-state index is 0.109. The number of piperidine rings is 1. The molecule has 1 heterocycles. The summed E-state index contributed by atoms with van der Waals surface area (Å²) in [6.45, 7) is 6.95. The van der Waals surface area contributed by atoms with Gasteiger partial charge in [-0.3, -0.25) is 0 Å². The minimum atomic E-state index is -1.42. The third-order valence-electron chi connectivity index (χ3n) is 2.60. The molecule has 0 aromatic rings. The highest BCUT2D eigenvalue weighted by atomic mass is 19.1. The highest BCUT2D eigenvalue weighted by Crippen LogP contribution is 2.25. The fourth-order valence-electron chi connectivity index (χ4n) is 1.49. The molecule has 0 aromatic carbocycles. The predicted molar refractivity (Wildman–Crippen MR) is 57.9 cm³/mol. The van der Waals surface area contributed by atoms with Crippen LogP contribution in [0.3, 0.4) is 0 Å². The molecule has 5 heteroatoms. The molecule has 0 aliphatic carbocycles. The number of hydrogen-bond acceptors (Lipinski definition) is 3. The molecule has 1 saturated heterocycles. The van der Waals surface area contributed by atoms with Gasteiger partial charge in [-0.15, -0.1) is 0 Å². The van der Waals surface area contributed by atoms with Gasteiger partial charge in [0, 0.05) is 6.54 Å². The van der Waals surface area contributed by atoms with Gasteiger partial charge in [0.05, 0.1) is 12.1 Å². The SMILES string of the molecule is CC(C)(C)OC(=O)N1CCC(C)(O)C(F)C1. The van der Waals surface area contributed by atoms with E-state index in [4.69, 9.17) is 4.74 Å². The Balaban J connectivity index is 2.55. The van der Waals surface area contributed by atoms with E-state index in [2.05, 4.69) is 0 Å². The highest BCUT2D eigenvalue weighted by Gasteiger charge is 2.40. The smallest absolute Gasteiger partial charge is 0.410 e. The number of amides is 1. The van der Waals surface area contributed by atoms with Crippen LogP contribution in [0.25, 0.3) is 0 Å². The zero-order valence-electron chi connectivity index (χ0n) is 10.3. The second kappa shape index (κ2) is 4.20. The highest BCUT2D eigenvalue weighted by molar-refractivity contribution is 5.68. The number of likely N-dealkylation sites (tertiary alicyclic amines) is 1. The Kier molecular flexibility index (Phi) is 3.47. The average Bonchev–Trinajstić information content (AvgIpc) is 2.06. The zero-order valence-corrected chi connectivity index (χ0v) is 10.3. The normalized spacial score (nSPS) is 31.4. The van der Waals surface area contributed by atoms with E-state index in [1.54, 1.807) is 20.8 Å². The van der Waals surface area contributed by atoms with Crippen LogP contribution in [0.5, 0.6) is 0 Å². The van der Waals surface area contributed by atoms with Gasteiger partial charge in [-0.1, -0.05) is 0 Å². The molecule has 1 amide bonds. The summed E-state index contributed by atoms with van der Waals surface area (Å²) in [6.07, 6.45) is -1.72. The van der Waals surface area contributed by atoms with Crippen LogP contribution in [0.2, 0.25) is 0 Å². The number of carbonyl (C=O) groups is 1. The average molecular weight is 233 g/mol. The number of alkyl halides is 1. The van der Waals surface area contributed by atoms with Crippen molar-refractivity contribution in [1.82, 2.24) is 4.90 Å². The number of carbonyl (C=O) groups excluding carboxylic acids is 1. The van der Waals surface area contributed by atoms with Gasteiger partial charge < -0.3 is 14.7 Å². The molecule has 1 aliphatic heterocycles. The second-order valence-corrected chi connectivity index (χ2v) is 5.50. The molecule has 1 fully saturated rings. The summed E-state index contributed by atoms with van der Waals surface area (Å²) >= 11 is 0. The van der Waals surface area contributed by atoms with Crippen LogP contribution in [-0.4, -0.2) is 46.6 Å². The summed E-state index contributed by atoms with van der Waals surface area (Å²) in [6, 6.07) is 0. The van der Waals surface area contributed by atoms with Gasteiger partial charge in [0.15, 0.2) is 0 Å². The van der Waals surface area contributed by atoms with Crippen LogP contribution in [-0.2, 0) is 4.74 Å². The van der Waals surface area contributed by atoms with Crippen LogP contribution in [0.4, 0.5) is 9.18 Å². The molecular weight excluding hydrogens is 213 g/mol. The lowest BCUT2D eigenvalue weighted by atomic mass is 9.92. The molecule has 0 bridgehead atoms. The van der Waals surface area contributed by atoms with Crippen LogP contribution in [0, 0.1) is 0 Å². The first-order chi connectivity index (χ1) is 7.12. The Morgan fingerprint density at radius 3 is 2.56 bits per heavy atom. The molecule has 0 radical (unpaired) electrons. The molecular formula is C11H20FNO3. The quantitative estimate of drug-likeness (QED) is 0.693. The first kappa shape index (κ1) is 13.2. The van der Waals surface area contributed by atoms with Gasteiger partial charge in [-0.2, -0.15) is 0 Å². The van der Waals surface area contributed by atoms with E-state index in [1.807, 2.05) is 0 Å². The Hall–Kier alpha value is -0.840. The Bertz CT molecular complexity index is 273. The molecule has 2 unspecified atom stereocenters. The van der Waals surface area contributed by atoms with Crippen molar-refractivity contribution in [2.75, 3.05) is 13.1 Å². The Morgan fingerprint density at radius 2 is 2.12 bits per heavy atom. The molecule has 0 spiro atoms. The van der Waals surface area contributed by atoms with Crippen LogP contribution in [0.1, 0.15) is 34.1 Å². The fourth-order valence-corrected chi connectivity index (χ4v) is 1.49. The Morgan fingerprint density at radius 1 is 1.56 bits per heavy atom. The summed E-state index contributed by atoms with van der Waals surface area (Å²) < 4.78 is 18.6. The predicted octanol–water partition coefficient (Wildman–Crippen LogP) is 1.72. The molecule has 16 heavy (non-hydrogen) atoms. The number of aliphatic hydroxyl groups is 1.